The topological polar surface area (TPSA) is 73.3 Å². The minimum atomic E-state index is -0.249. The van der Waals surface area contributed by atoms with E-state index < -0.39 is 0 Å². The second kappa shape index (κ2) is 10.7. The van der Waals surface area contributed by atoms with Crippen molar-refractivity contribution in [2.45, 2.75) is 38.7 Å². The number of aromatic nitrogens is 4. The molecule has 1 aliphatic heterocycles. The van der Waals surface area contributed by atoms with Gasteiger partial charge in [0.1, 0.15) is 22.1 Å². The third-order valence-corrected chi connectivity index (χ3v) is 7.63. The summed E-state index contributed by atoms with van der Waals surface area (Å²) in [5.74, 6) is 3.46. The van der Waals surface area contributed by atoms with E-state index in [1.807, 2.05) is 18.5 Å². The fraction of sp³-hybridized carbons (Fsp3) is 0.520. The fourth-order valence-corrected chi connectivity index (χ4v) is 5.53. The summed E-state index contributed by atoms with van der Waals surface area (Å²) in [6.07, 6.45) is 8.86. The van der Waals surface area contributed by atoms with Crippen LogP contribution in [0, 0.1) is 23.6 Å². The van der Waals surface area contributed by atoms with E-state index in [1.54, 1.807) is 18.7 Å². The first kappa shape index (κ1) is 23.1. The Morgan fingerprint density at radius 1 is 1.18 bits per heavy atom. The van der Waals surface area contributed by atoms with E-state index in [0.717, 1.165) is 53.8 Å². The number of hydrogen-bond acceptors (Lipinski definition) is 8. The maximum absolute atomic E-state index is 14.4. The van der Waals surface area contributed by atoms with Gasteiger partial charge in [-0.15, -0.1) is 21.5 Å². The molecule has 0 N–H and O–H groups in total. The molecule has 2 aliphatic rings. The standard InChI is InChI=1S/C25H30FN5O2S/c1-32-15-17-13-27-25(28-14-17)31-7-4-18(5-8-31)22-10-19(22)6-9-33-21-3-2-20(23(26)12-21)11-24-30-29-16-34-24/h2-3,12-14,16,18-19,22H,4-11,15H2,1H3/t19-,22-/m1/s1. The van der Waals surface area contributed by atoms with E-state index in [-0.39, 0.29) is 5.82 Å². The summed E-state index contributed by atoms with van der Waals surface area (Å²) in [4.78, 5) is 11.3. The van der Waals surface area contributed by atoms with Crippen molar-refractivity contribution in [3.63, 3.8) is 0 Å². The van der Waals surface area contributed by atoms with Crippen LogP contribution in [0.5, 0.6) is 5.75 Å². The second-order valence-corrected chi connectivity index (χ2v) is 10.1. The van der Waals surface area contributed by atoms with Crippen LogP contribution in [0.25, 0.3) is 0 Å². The largest absolute Gasteiger partial charge is 0.493 e. The van der Waals surface area contributed by atoms with Crippen LogP contribution in [0.1, 0.15) is 41.8 Å². The van der Waals surface area contributed by atoms with Crippen molar-refractivity contribution < 1.29 is 13.9 Å². The fourth-order valence-electron chi connectivity index (χ4n) is 4.99. The van der Waals surface area contributed by atoms with Gasteiger partial charge in [-0.3, -0.25) is 0 Å². The van der Waals surface area contributed by atoms with Crippen molar-refractivity contribution in [1.29, 1.82) is 0 Å². The molecule has 1 aromatic carbocycles. The number of methoxy groups -OCH3 is 1. The van der Waals surface area contributed by atoms with Gasteiger partial charge in [0.05, 0.1) is 13.2 Å². The molecule has 0 radical (unpaired) electrons. The Balaban J connectivity index is 1.02. The monoisotopic (exact) mass is 483 g/mol. The number of rotatable bonds is 10. The number of piperidine rings is 1. The van der Waals surface area contributed by atoms with Crippen molar-refractivity contribution >= 4 is 17.3 Å². The molecule has 0 bridgehead atoms. The van der Waals surface area contributed by atoms with Crippen molar-refractivity contribution in [3.05, 3.63) is 58.1 Å². The Bertz CT molecular complexity index is 1060. The molecule has 0 unspecified atom stereocenters. The molecule has 5 rings (SSSR count). The highest BCUT2D eigenvalue weighted by Crippen LogP contribution is 2.49. The molecule has 180 valence electrons. The lowest BCUT2D eigenvalue weighted by Crippen LogP contribution is -2.35. The Kier molecular flexibility index (Phi) is 7.30. The summed E-state index contributed by atoms with van der Waals surface area (Å²) in [7, 11) is 1.68. The van der Waals surface area contributed by atoms with Crippen LogP contribution in [0.3, 0.4) is 0 Å². The molecule has 0 spiro atoms. The molecule has 2 atom stereocenters. The van der Waals surface area contributed by atoms with Gasteiger partial charge in [0.15, 0.2) is 0 Å². The van der Waals surface area contributed by atoms with Gasteiger partial charge in [0.2, 0.25) is 5.95 Å². The Hall–Kier alpha value is -2.65. The number of ether oxygens (including phenoxy) is 2. The number of anilines is 1. The van der Waals surface area contributed by atoms with Gasteiger partial charge in [-0.25, -0.2) is 14.4 Å². The molecule has 1 saturated heterocycles. The highest BCUT2D eigenvalue weighted by atomic mass is 32.1. The van der Waals surface area contributed by atoms with Crippen molar-refractivity contribution in [2.75, 3.05) is 31.7 Å². The maximum Gasteiger partial charge on any atom is 0.225 e. The molecule has 0 amide bonds. The zero-order valence-corrected chi connectivity index (χ0v) is 20.2. The molecular formula is C25H30FN5O2S. The zero-order chi connectivity index (χ0) is 23.3. The molecule has 9 heteroatoms. The average molecular weight is 484 g/mol. The van der Waals surface area contributed by atoms with Crippen LogP contribution in [-0.4, -0.2) is 47.0 Å². The molecule has 3 heterocycles. The van der Waals surface area contributed by atoms with Crippen molar-refractivity contribution in [2.24, 2.45) is 17.8 Å². The van der Waals surface area contributed by atoms with Gasteiger partial charge in [0, 0.05) is 50.6 Å². The van der Waals surface area contributed by atoms with E-state index in [1.165, 1.54) is 36.7 Å². The van der Waals surface area contributed by atoms with Crippen LogP contribution in [0.2, 0.25) is 0 Å². The van der Waals surface area contributed by atoms with E-state index in [9.17, 15) is 4.39 Å². The number of hydrogen-bond donors (Lipinski definition) is 0. The number of halogens is 1. The molecular weight excluding hydrogens is 453 g/mol. The first-order chi connectivity index (χ1) is 16.7. The highest BCUT2D eigenvalue weighted by molar-refractivity contribution is 7.09. The first-order valence-electron chi connectivity index (χ1n) is 11.9. The molecule has 7 nitrogen and oxygen atoms in total. The lowest BCUT2D eigenvalue weighted by Gasteiger charge is -2.32. The van der Waals surface area contributed by atoms with Crippen LogP contribution < -0.4 is 9.64 Å². The Morgan fingerprint density at radius 2 is 2.00 bits per heavy atom. The van der Waals surface area contributed by atoms with Gasteiger partial charge in [-0.2, -0.15) is 0 Å². The highest BCUT2D eigenvalue weighted by Gasteiger charge is 2.43. The summed E-state index contributed by atoms with van der Waals surface area (Å²) >= 11 is 1.43. The van der Waals surface area contributed by atoms with Gasteiger partial charge >= 0.3 is 0 Å². The van der Waals surface area contributed by atoms with Crippen LogP contribution in [0.4, 0.5) is 10.3 Å². The van der Waals surface area contributed by atoms with Gasteiger partial charge in [0.25, 0.3) is 0 Å². The first-order valence-corrected chi connectivity index (χ1v) is 12.8. The smallest absolute Gasteiger partial charge is 0.225 e. The molecule has 1 aliphatic carbocycles. The third kappa shape index (κ3) is 5.70. The normalized spacial score (nSPS) is 20.5. The van der Waals surface area contributed by atoms with Gasteiger partial charge < -0.3 is 14.4 Å². The molecule has 1 saturated carbocycles. The predicted molar refractivity (Wildman–Crippen MR) is 129 cm³/mol. The Labute approximate surface area is 203 Å². The summed E-state index contributed by atoms with van der Waals surface area (Å²) in [5.41, 5.74) is 3.28. The van der Waals surface area contributed by atoms with Gasteiger partial charge in [-0.1, -0.05) is 6.07 Å². The molecule has 2 fully saturated rings. The van der Waals surface area contributed by atoms with Crippen molar-refractivity contribution in [1.82, 2.24) is 20.2 Å². The van der Waals surface area contributed by atoms with E-state index in [0.29, 0.717) is 30.9 Å². The van der Waals surface area contributed by atoms with Crippen LogP contribution >= 0.6 is 11.3 Å². The zero-order valence-electron chi connectivity index (χ0n) is 19.4. The van der Waals surface area contributed by atoms with Gasteiger partial charge in [-0.05, 0) is 55.1 Å². The molecule has 2 aromatic heterocycles. The van der Waals surface area contributed by atoms with Crippen LogP contribution in [-0.2, 0) is 17.8 Å². The summed E-state index contributed by atoms with van der Waals surface area (Å²) in [6.45, 7) is 3.20. The molecule has 3 aromatic rings. The molecule has 34 heavy (non-hydrogen) atoms. The quantitative estimate of drug-likeness (QED) is 0.420. The average Bonchev–Trinajstić information content (AvgIpc) is 3.44. The predicted octanol–water partition coefficient (Wildman–Crippen LogP) is 4.53. The minimum Gasteiger partial charge on any atom is -0.493 e. The SMILES string of the molecule is COCc1cnc(N2CCC([C@H]3C[C@H]3CCOc3ccc(Cc4nncs4)c(F)c3)CC2)nc1. The number of nitrogens with zero attached hydrogens (tertiary/aromatic N) is 5. The van der Waals surface area contributed by atoms with Crippen LogP contribution in [0.15, 0.2) is 36.1 Å². The summed E-state index contributed by atoms with van der Waals surface area (Å²) in [5, 5.41) is 8.60. The van der Waals surface area contributed by atoms with Crippen molar-refractivity contribution in [3.8, 4) is 5.75 Å². The van der Waals surface area contributed by atoms with E-state index in [2.05, 4.69) is 25.1 Å². The lowest BCUT2D eigenvalue weighted by molar-refractivity contribution is 0.184. The number of benzene rings is 1. The minimum absolute atomic E-state index is 0.249. The van der Waals surface area contributed by atoms with E-state index >= 15 is 0 Å². The summed E-state index contributed by atoms with van der Waals surface area (Å²) < 4.78 is 25.4. The summed E-state index contributed by atoms with van der Waals surface area (Å²) in [6, 6.07) is 5.12. The lowest BCUT2D eigenvalue weighted by atomic mass is 9.90. The van der Waals surface area contributed by atoms with E-state index in [4.69, 9.17) is 9.47 Å². The Morgan fingerprint density at radius 3 is 2.71 bits per heavy atom. The second-order valence-electron chi connectivity index (χ2n) is 9.21. The maximum atomic E-state index is 14.4. The third-order valence-electron chi connectivity index (χ3n) is 6.94.